The van der Waals surface area contributed by atoms with Crippen LogP contribution in [-0.2, 0) is 17.8 Å². The van der Waals surface area contributed by atoms with Gasteiger partial charge in [0.25, 0.3) is 0 Å². The summed E-state index contributed by atoms with van der Waals surface area (Å²) >= 11 is 0. The molecule has 1 atom stereocenters. The molecular weight excluding hydrogens is 460 g/mol. The maximum absolute atomic E-state index is 12.6. The van der Waals surface area contributed by atoms with Crippen LogP contribution in [0.3, 0.4) is 0 Å². The van der Waals surface area contributed by atoms with Gasteiger partial charge in [0.05, 0.1) is 0 Å². The Morgan fingerprint density at radius 3 is 2.32 bits per heavy atom. The van der Waals surface area contributed by atoms with Crippen LogP contribution in [0.5, 0.6) is 0 Å². The number of benzene rings is 2. The third kappa shape index (κ3) is 10.0. The van der Waals surface area contributed by atoms with Gasteiger partial charge in [0.2, 0.25) is 5.91 Å². The van der Waals surface area contributed by atoms with Gasteiger partial charge in [0.15, 0.2) is 0 Å². The molecule has 0 radical (unpaired) electrons. The Morgan fingerprint density at radius 2 is 1.65 bits per heavy atom. The summed E-state index contributed by atoms with van der Waals surface area (Å²) in [6, 6.07) is 18.5. The molecule has 0 unspecified atom stereocenters. The molecule has 2 aromatic carbocycles. The minimum absolute atomic E-state index is 0.0640. The van der Waals surface area contributed by atoms with Crippen LogP contribution in [0.25, 0.3) is 0 Å². The molecule has 0 saturated heterocycles. The summed E-state index contributed by atoms with van der Waals surface area (Å²) in [4.78, 5) is 25.0. The zero-order valence-electron chi connectivity index (χ0n) is 22.8. The van der Waals surface area contributed by atoms with E-state index in [0.717, 1.165) is 62.6 Å². The molecule has 3 rings (SSSR count). The van der Waals surface area contributed by atoms with Gasteiger partial charge in [-0.15, -0.1) is 0 Å². The van der Waals surface area contributed by atoms with E-state index in [0.29, 0.717) is 24.9 Å². The Morgan fingerprint density at radius 1 is 0.946 bits per heavy atom. The number of aryl methyl sites for hydroxylation is 2. The van der Waals surface area contributed by atoms with Crippen molar-refractivity contribution in [2.45, 2.75) is 78.7 Å². The van der Waals surface area contributed by atoms with Gasteiger partial charge >= 0.3 is 6.03 Å². The SMILES string of the molecule is CC[C@H](C)/C(CCCc1ccccc1)=N/NC(=O)NCC1CCC(C(=O)NCc2ccc(C)cc2)CC1. The van der Waals surface area contributed by atoms with E-state index in [4.69, 9.17) is 0 Å². The quantitative estimate of drug-likeness (QED) is 0.240. The van der Waals surface area contributed by atoms with E-state index >= 15 is 0 Å². The van der Waals surface area contributed by atoms with Gasteiger partial charge in [-0.05, 0) is 81.3 Å². The Balaban J connectivity index is 1.34. The highest BCUT2D eigenvalue weighted by Gasteiger charge is 2.26. The molecule has 1 aliphatic carbocycles. The van der Waals surface area contributed by atoms with E-state index < -0.39 is 0 Å². The number of carbonyl (C=O) groups excluding carboxylic acids is 2. The molecule has 0 bridgehead atoms. The normalized spacial score (nSPS) is 18.6. The average molecular weight is 505 g/mol. The summed E-state index contributed by atoms with van der Waals surface area (Å²) in [5, 5.41) is 10.5. The molecule has 200 valence electrons. The van der Waals surface area contributed by atoms with Gasteiger partial charge in [-0.25, -0.2) is 10.2 Å². The first-order valence-electron chi connectivity index (χ1n) is 13.9. The molecule has 0 spiro atoms. The molecule has 0 heterocycles. The van der Waals surface area contributed by atoms with Crippen molar-refractivity contribution in [3.8, 4) is 0 Å². The summed E-state index contributed by atoms with van der Waals surface area (Å²) in [5.41, 5.74) is 7.44. The number of nitrogens with zero attached hydrogens (tertiary/aromatic N) is 1. The van der Waals surface area contributed by atoms with Gasteiger partial charge < -0.3 is 10.6 Å². The molecule has 2 aromatic rings. The van der Waals surface area contributed by atoms with Crippen LogP contribution in [0.15, 0.2) is 59.7 Å². The summed E-state index contributed by atoms with van der Waals surface area (Å²) in [6.45, 7) is 7.57. The minimum Gasteiger partial charge on any atom is -0.352 e. The average Bonchev–Trinajstić information content (AvgIpc) is 2.93. The van der Waals surface area contributed by atoms with Crippen molar-refractivity contribution in [3.05, 3.63) is 71.3 Å². The zero-order valence-corrected chi connectivity index (χ0v) is 22.8. The first-order chi connectivity index (χ1) is 17.9. The molecule has 6 heteroatoms. The largest absolute Gasteiger partial charge is 0.352 e. The minimum atomic E-state index is -0.248. The lowest BCUT2D eigenvalue weighted by atomic mass is 9.81. The number of hydrogen-bond acceptors (Lipinski definition) is 3. The smallest absolute Gasteiger partial charge is 0.335 e. The lowest BCUT2D eigenvalue weighted by Gasteiger charge is -2.27. The monoisotopic (exact) mass is 504 g/mol. The Labute approximate surface area is 222 Å². The molecular formula is C31H44N4O2. The van der Waals surface area contributed by atoms with Crippen molar-refractivity contribution in [2.24, 2.45) is 22.9 Å². The van der Waals surface area contributed by atoms with E-state index in [-0.39, 0.29) is 17.9 Å². The fourth-order valence-electron chi connectivity index (χ4n) is 4.83. The van der Waals surface area contributed by atoms with Crippen LogP contribution in [0.2, 0.25) is 0 Å². The van der Waals surface area contributed by atoms with Gasteiger partial charge in [0, 0.05) is 24.7 Å². The standard InChI is InChI=1S/C31H44N4O2/c1-4-24(3)29(12-8-11-25-9-6-5-7-10-25)34-35-31(37)33-22-27-17-19-28(20-18-27)30(36)32-21-26-15-13-23(2)14-16-26/h5-7,9-10,13-16,24,27-28H,4,8,11-12,17-22H2,1-3H3,(H,32,36)(H2,33,35,37)/b34-29+/t24-,27?,28?/m0/s1. The molecule has 3 amide bonds. The maximum Gasteiger partial charge on any atom is 0.335 e. The van der Waals surface area contributed by atoms with Crippen LogP contribution >= 0.6 is 0 Å². The fourth-order valence-corrected chi connectivity index (χ4v) is 4.83. The van der Waals surface area contributed by atoms with Crippen LogP contribution < -0.4 is 16.1 Å². The third-order valence-corrected chi connectivity index (χ3v) is 7.58. The first-order valence-corrected chi connectivity index (χ1v) is 13.9. The van der Waals surface area contributed by atoms with Gasteiger partial charge in [0.1, 0.15) is 0 Å². The van der Waals surface area contributed by atoms with Crippen LogP contribution in [0.1, 0.15) is 75.5 Å². The predicted octanol–water partition coefficient (Wildman–Crippen LogP) is 6.14. The Bertz CT molecular complexity index is 996. The molecule has 1 saturated carbocycles. The highest BCUT2D eigenvalue weighted by molar-refractivity contribution is 5.87. The van der Waals surface area contributed by atoms with Crippen LogP contribution in [0, 0.1) is 24.7 Å². The van der Waals surface area contributed by atoms with Gasteiger partial charge in [-0.2, -0.15) is 5.10 Å². The molecule has 1 fully saturated rings. The fraction of sp³-hybridized carbons (Fsp3) is 0.516. The topological polar surface area (TPSA) is 82.6 Å². The van der Waals surface area contributed by atoms with Crippen molar-refractivity contribution >= 4 is 17.6 Å². The predicted molar refractivity (Wildman–Crippen MR) is 151 cm³/mol. The van der Waals surface area contributed by atoms with E-state index in [1.807, 2.05) is 6.07 Å². The highest BCUT2D eigenvalue weighted by Crippen LogP contribution is 2.28. The molecule has 6 nitrogen and oxygen atoms in total. The lowest BCUT2D eigenvalue weighted by Crippen LogP contribution is -2.39. The number of hydrazone groups is 1. The third-order valence-electron chi connectivity index (χ3n) is 7.58. The van der Waals surface area contributed by atoms with E-state index in [9.17, 15) is 9.59 Å². The lowest BCUT2D eigenvalue weighted by molar-refractivity contribution is -0.126. The zero-order chi connectivity index (χ0) is 26.5. The molecule has 37 heavy (non-hydrogen) atoms. The van der Waals surface area contributed by atoms with Crippen molar-refractivity contribution in [1.29, 1.82) is 0 Å². The molecule has 1 aliphatic rings. The Kier molecular flexibility index (Phi) is 11.7. The number of nitrogens with one attached hydrogen (secondary N) is 3. The van der Waals surface area contributed by atoms with Crippen molar-refractivity contribution < 1.29 is 9.59 Å². The second-order valence-electron chi connectivity index (χ2n) is 10.5. The summed E-state index contributed by atoms with van der Waals surface area (Å²) < 4.78 is 0. The number of amides is 3. The van der Waals surface area contributed by atoms with Gasteiger partial charge in [-0.3, -0.25) is 4.79 Å². The first kappa shape index (κ1) is 28.4. The molecule has 0 aromatic heterocycles. The highest BCUT2D eigenvalue weighted by atomic mass is 16.2. The summed E-state index contributed by atoms with van der Waals surface area (Å²) in [6.07, 6.45) is 7.52. The van der Waals surface area contributed by atoms with Crippen molar-refractivity contribution in [2.75, 3.05) is 6.54 Å². The van der Waals surface area contributed by atoms with Crippen LogP contribution in [0.4, 0.5) is 4.79 Å². The second kappa shape index (κ2) is 15.2. The molecule has 3 N–H and O–H groups in total. The van der Waals surface area contributed by atoms with E-state index in [2.05, 4.69) is 90.5 Å². The van der Waals surface area contributed by atoms with Gasteiger partial charge in [-0.1, -0.05) is 74.0 Å². The van der Waals surface area contributed by atoms with E-state index in [1.165, 1.54) is 11.1 Å². The number of rotatable bonds is 12. The van der Waals surface area contributed by atoms with E-state index in [1.54, 1.807) is 0 Å². The Hall–Kier alpha value is -3.15. The number of urea groups is 1. The maximum atomic E-state index is 12.6. The number of carbonyl (C=O) groups is 2. The molecule has 0 aliphatic heterocycles. The number of hydrogen-bond donors (Lipinski definition) is 3. The summed E-state index contributed by atoms with van der Waals surface area (Å²) in [5.74, 6) is 0.942. The van der Waals surface area contributed by atoms with Crippen molar-refractivity contribution in [1.82, 2.24) is 16.1 Å². The summed E-state index contributed by atoms with van der Waals surface area (Å²) in [7, 11) is 0. The van der Waals surface area contributed by atoms with Crippen molar-refractivity contribution in [3.63, 3.8) is 0 Å². The second-order valence-corrected chi connectivity index (χ2v) is 10.5. The van der Waals surface area contributed by atoms with Crippen LogP contribution in [-0.4, -0.2) is 24.2 Å².